The predicted octanol–water partition coefficient (Wildman–Crippen LogP) is -2.86. The standard InChI is InChI=1S/C23H36N8O7/c1-12(29-20(35)15(24)8-9-18(25)33)19(34)30-16(3-2-10-28-23(26)27)21(36)31-17(22(37)38)11-13-4-6-14(32)7-5-13/h4-7,12,15-17,32H,2-3,8-11,24H2,1H3,(H2,25,33)(H,29,35)(H,30,34)(H,31,36)(H,37,38)(H4,26,27,28). The third-order valence-corrected chi connectivity index (χ3v) is 5.36. The molecule has 0 radical (unpaired) electrons. The number of hydrogen-bond acceptors (Lipinski definition) is 8. The van der Waals surface area contributed by atoms with Crippen molar-refractivity contribution < 1.29 is 34.2 Å². The van der Waals surface area contributed by atoms with E-state index in [1.807, 2.05) is 0 Å². The van der Waals surface area contributed by atoms with Crippen molar-refractivity contribution in [1.29, 1.82) is 0 Å². The van der Waals surface area contributed by atoms with Gasteiger partial charge in [0, 0.05) is 19.4 Å². The molecule has 0 heterocycles. The second-order valence-corrected chi connectivity index (χ2v) is 8.62. The monoisotopic (exact) mass is 536 g/mol. The molecule has 0 fully saturated rings. The molecule has 1 aromatic rings. The number of rotatable bonds is 16. The number of phenolic OH excluding ortho intramolecular Hbond substituents is 1. The summed E-state index contributed by atoms with van der Waals surface area (Å²) < 4.78 is 0. The lowest BCUT2D eigenvalue weighted by Gasteiger charge is -2.24. The molecule has 0 aliphatic rings. The second kappa shape index (κ2) is 15.7. The van der Waals surface area contributed by atoms with Gasteiger partial charge < -0.3 is 49.1 Å². The number of phenols is 1. The normalized spacial score (nSPS) is 13.7. The van der Waals surface area contributed by atoms with Crippen molar-refractivity contribution in [1.82, 2.24) is 16.0 Å². The van der Waals surface area contributed by atoms with E-state index in [9.17, 15) is 34.2 Å². The number of nitrogens with zero attached hydrogens (tertiary/aromatic N) is 1. The molecule has 1 rings (SSSR count). The van der Waals surface area contributed by atoms with Crippen LogP contribution in [0.3, 0.4) is 0 Å². The minimum Gasteiger partial charge on any atom is -0.508 e. The fraction of sp³-hybridized carbons (Fsp3) is 0.478. The van der Waals surface area contributed by atoms with E-state index in [1.54, 1.807) is 0 Å². The summed E-state index contributed by atoms with van der Waals surface area (Å²) in [4.78, 5) is 64.4. The molecule has 4 amide bonds. The van der Waals surface area contributed by atoms with E-state index in [0.717, 1.165) is 0 Å². The number of amides is 4. The van der Waals surface area contributed by atoms with Gasteiger partial charge in [-0.3, -0.25) is 24.2 Å². The Kier molecular flexibility index (Phi) is 13.0. The molecule has 210 valence electrons. The van der Waals surface area contributed by atoms with E-state index in [0.29, 0.717) is 5.56 Å². The molecule has 4 unspecified atom stereocenters. The zero-order valence-electron chi connectivity index (χ0n) is 21.1. The molecule has 0 saturated heterocycles. The van der Waals surface area contributed by atoms with E-state index in [-0.39, 0.29) is 50.4 Å². The summed E-state index contributed by atoms with van der Waals surface area (Å²) in [5.74, 6) is -4.27. The van der Waals surface area contributed by atoms with Crippen LogP contribution in [-0.4, -0.2) is 76.5 Å². The SMILES string of the molecule is CC(NC(=O)C(N)CCC(N)=O)C(=O)NC(CCCN=C(N)N)C(=O)NC(Cc1ccc(O)cc1)C(=O)O. The predicted molar refractivity (Wildman–Crippen MR) is 137 cm³/mol. The summed E-state index contributed by atoms with van der Waals surface area (Å²) in [7, 11) is 0. The molecule has 13 N–H and O–H groups in total. The van der Waals surface area contributed by atoms with Crippen LogP contribution in [0, 0.1) is 0 Å². The van der Waals surface area contributed by atoms with Crippen LogP contribution < -0.4 is 38.9 Å². The average Bonchev–Trinajstić information content (AvgIpc) is 2.84. The van der Waals surface area contributed by atoms with Crippen LogP contribution in [0.4, 0.5) is 0 Å². The van der Waals surface area contributed by atoms with E-state index in [1.165, 1.54) is 31.2 Å². The lowest BCUT2D eigenvalue weighted by molar-refractivity contribution is -0.142. The number of nitrogens with two attached hydrogens (primary N) is 4. The van der Waals surface area contributed by atoms with Gasteiger partial charge in [-0.15, -0.1) is 0 Å². The van der Waals surface area contributed by atoms with Crippen molar-refractivity contribution in [2.24, 2.45) is 27.9 Å². The topological polar surface area (TPSA) is 278 Å². The largest absolute Gasteiger partial charge is 0.508 e. The smallest absolute Gasteiger partial charge is 0.326 e. The molecule has 0 aliphatic carbocycles. The number of carbonyl (C=O) groups is 5. The maximum atomic E-state index is 13.0. The molecule has 15 nitrogen and oxygen atoms in total. The number of hydrogen-bond donors (Lipinski definition) is 9. The van der Waals surface area contributed by atoms with Gasteiger partial charge >= 0.3 is 5.97 Å². The van der Waals surface area contributed by atoms with Gasteiger partial charge in [0.1, 0.15) is 23.9 Å². The number of carboxylic acid groups (broad SMARTS) is 1. The highest BCUT2D eigenvalue weighted by Crippen LogP contribution is 2.12. The van der Waals surface area contributed by atoms with Crippen molar-refractivity contribution in [3.05, 3.63) is 29.8 Å². The van der Waals surface area contributed by atoms with Crippen molar-refractivity contribution in [2.45, 2.75) is 63.2 Å². The number of carbonyl (C=O) groups excluding carboxylic acids is 4. The number of aliphatic imine (C=N–C) groups is 1. The Hall–Kier alpha value is -4.40. The molecule has 38 heavy (non-hydrogen) atoms. The molecule has 0 bridgehead atoms. The lowest BCUT2D eigenvalue weighted by Crippen LogP contribution is -2.56. The number of guanidine groups is 1. The fourth-order valence-electron chi connectivity index (χ4n) is 3.22. The van der Waals surface area contributed by atoms with Crippen LogP contribution in [0.25, 0.3) is 0 Å². The minimum atomic E-state index is -1.33. The third-order valence-electron chi connectivity index (χ3n) is 5.36. The molecular weight excluding hydrogens is 500 g/mol. The number of aromatic hydroxyl groups is 1. The Morgan fingerprint density at radius 2 is 1.50 bits per heavy atom. The van der Waals surface area contributed by atoms with Crippen molar-refractivity contribution in [3.8, 4) is 5.75 Å². The number of primary amides is 1. The fourth-order valence-corrected chi connectivity index (χ4v) is 3.22. The van der Waals surface area contributed by atoms with Crippen molar-refractivity contribution in [2.75, 3.05) is 6.54 Å². The molecule has 0 saturated carbocycles. The molecule has 4 atom stereocenters. The van der Waals surface area contributed by atoms with E-state index < -0.39 is 53.8 Å². The molecule has 0 aliphatic heterocycles. The molecular formula is C23H36N8O7. The Balaban J connectivity index is 2.90. The lowest BCUT2D eigenvalue weighted by atomic mass is 10.0. The van der Waals surface area contributed by atoms with Crippen LogP contribution in [0.15, 0.2) is 29.3 Å². The van der Waals surface area contributed by atoms with Gasteiger partial charge in [0.2, 0.25) is 23.6 Å². The Labute approximate surface area is 219 Å². The summed E-state index contributed by atoms with van der Waals surface area (Å²) >= 11 is 0. The Morgan fingerprint density at radius 1 is 0.895 bits per heavy atom. The number of benzene rings is 1. The first-order valence-electron chi connectivity index (χ1n) is 11.8. The zero-order valence-corrected chi connectivity index (χ0v) is 21.1. The Morgan fingerprint density at radius 3 is 2.05 bits per heavy atom. The number of aliphatic carboxylic acids is 1. The highest BCUT2D eigenvalue weighted by atomic mass is 16.4. The molecule has 15 heteroatoms. The second-order valence-electron chi connectivity index (χ2n) is 8.62. The maximum absolute atomic E-state index is 13.0. The molecule has 0 aromatic heterocycles. The molecule has 0 spiro atoms. The summed E-state index contributed by atoms with van der Waals surface area (Å²) in [6.07, 6.45) is 0.125. The number of carboxylic acids is 1. The van der Waals surface area contributed by atoms with Gasteiger partial charge in [0.25, 0.3) is 0 Å². The van der Waals surface area contributed by atoms with Gasteiger partial charge in [0.05, 0.1) is 6.04 Å². The van der Waals surface area contributed by atoms with Crippen LogP contribution in [0.2, 0.25) is 0 Å². The first-order chi connectivity index (χ1) is 17.8. The van der Waals surface area contributed by atoms with Crippen LogP contribution in [0.5, 0.6) is 5.75 Å². The summed E-state index contributed by atoms with van der Waals surface area (Å²) in [6.45, 7) is 1.52. The summed E-state index contributed by atoms with van der Waals surface area (Å²) in [5, 5.41) is 26.3. The first kappa shape index (κ1) is 31.6. The Bertz CT molecular complexity index is 1010. The van der Waals surface area contributed by atoms with E-state index >= 15 is 0 Å². The van der Waals surface area contributed by atoms with Gasteiger partial charge in [-0.05, 0) is 43.9 Å². The van der Waals surface area contributed by atoms with Gasteiger partial charge in [0.15, 0.2) is 5.96 Å². The highest BCUT2D eigenvalue weighted by molar-refractivity contribution is 5.94. The first-order valence-corrected chi connectivity index (χ1v) is 11.8. The van der Waals surface area contributed by atoms with E-state index in [4.69, 9.17) is 22.9 Å². The van der Waals surface area contributed by atoms with Gasteiger partial charge in [-0.2, -0.15) is 0 Å². The van der Waals surface area contributed by atoms with Gasteiger partial charge in [-0.1, -0.05) is 12.1 Å². The number of nitrogens with one attached hydrogen (secondary N) is 3. The third kappa shape index (κ3) is 12.0. The summed E-state index contributed by atoms with van der Waals surface area (Å²) in [5.41, 5.74) is 21.9. The van der Waals surface area contributed by atoms with Crippen LogP contribution in [-0.2, 0) is 30.4 Å². The van der Waals surface area contributed by atoms with Gasteiger partial charge in [-0.25, -0.2) is 4.79 Å². The highest BCUT2D eigenvalue weighted by Gasteiger charge is 2.29. The van der Waals surface area contributed by atoms with Crippen LogP contribution in [0.1, 0.15) is 38.2 Å². The van der Waals surface area contributed by atoms with E-state index in [2.05, 4.69) is 20.9 Å². The van der Waals surface area contributed by atoms with Crippen LogP contribution >= 0.6 is 0 Å². The zero-order chi connectivity index (χ0) is 28.8. The quantitative estimate of drug-likeness (QED) is 0.0591. The van der Waals surface area contributed by atoms with Crippen molar-refractivity contribution >= 4 is 35.6 Å². The van der Waals surface area contributed by atoms with Crippen molar-refractivity contribution in [3.63, 3.8) is 0 Å². The molecule has 1 aromatic carbocycles. The summed E-state index contributed by atoms with van der Waals surface area (Å²) in [6, 6.07) is 1.12. The maximum Gasteiger partial charge on any atom is 0.326 e. The minimum absolute atomic E-state index is 0.00301. The average molecular weight is 537 g/mol.